The highest BCUT2D eigenvalue weighted by molar-refractivity contribution is 5.89. The van der Waals surface area contributed by atoms with Crippen molar-refractivity contribution in [1.29, 1.82) is 0 Å². The SMILES string of the molecule is C=CCNC(=O)CNC(=O)CN(C(=O)C1CCC1)C1CCN(C(C)c2cccc3ccccc23)CC1. The van der Waals surface area contributed by atoms with Gasteiger partial charge in [0.15, 0.2) is 0 Å². The Labute approximate surface area is 213 Å². The zero-order valence-corrected chi connectivity index (χ0v) is 21.2. The van der Waals surface area contributed by atoms with Crippen LogP contribution in [-0.2, 0) is 14.4 Å². The van der Waals surface area contributed by atoms with E-state index in [1.807, 2.05) is 0 Å². The predicted molar refractivity (Wildman–Crippen MR) is 142 cm³/mol. The Morgan fingerprint density at radius 1 is 1.03 bits per heavy atom. The van der Waals surface area contributed by atoms with Crippen LogP contribution in [0.2, 0.25) is 0 Å². The van der Waals surface area contributed by atoms with Crippen molar-refractivity contribution in [2.75, 3.05) is 32.7 Å². The Balaban J connectivity index is 1.38. The summed E-state index contributed by atoms with van der Waals surface area (Å²) in [5.74, 6) is -0.437. The van der Waals surface area contributed by atoms with E-state index in [9.17, 15) is 14.4 Å². The molecule has 2 N–H and O–H groups in total. The minimum absolute atomic E-state index is 0.00755. The number of likely N-dealkylation sites (tertiary alicyclic amines) is 1. The zero-order valence-electron chi connectivity index (χ0n) is 21.2. The van der Waals surface area contributed by atoms with Crippen LogP contribution < -0.4 is 10.6 Å². The lowest BCUT2D eigenvalue weighted by atomic mass is 9.83. The summed E-state index contributed by atoms with van der Waals surface area (Å²) in [6.45, 7) is 7.83. The fourth-order valence-corrected chi connectivity index (χ4v) is 5.31. The molecule has 3 amide bonds. The smallest absolute Gasteiger partial charge is 0.240 e. The molecule has 1 saturated heterocycles. The summed E-state index contributed by atoms with van der Waals surface area (Å²) < 4.78 is 0. The number of hydrogen-bond acceptors (Lipinski definition) is 4. The number of carbonyl (C=O) groups is 3. The van der Waals surface area contributed by atoms with Gasteiger partial charge in [0, 0.05) is 37.6 Å². The first-order valence-corrected chi connectivity index (χ1v) is 13.1. The van der Waals surface area contributed by atoms with Gasteiger partial charge in [0.1, 0.15) is 0 Å². The molecule has 1 heterocycles. The molecule has 4 rings (SSSR count). The third-order valence-electron chi connectivity index (χ3n) is 7.70. The molecule has 2 fully saturated rings. The van der Waals surface area contributed by atoms with E-state index < -0.39 is 0 Å². The van der Waals surface area contributed by atoms with Gasteiger partial charge in [-0.1, -0.05) is 55.0 Å². The lowest BCUT2D eigenvalue weighted by Gasteiger charge is -2.42. The normalized spacial score (nSPS) is 17.7. The molecule has 192 valence electrons. The molecule has 2 aliphatic rings. The monoisotopic (exact) mass is 490 g/mol. The lowest BCUT2D eigenvalue weighted by molar-refractivity contribution is -0.145. The third-order valence-corrected chi connectivity index (χ3v) is 7.70. The second-order valence-corrected chi connectivity index (χ2v) is 9.97. The van der Waals surface area contributed by atoms with Gasteiger partial charge in [-0.15, -0.1) is 6.58 Å². The Hall–Kier alpha value is -3.19. The number of nitrogens with one attached hydrogen (secondary N) is 2. The number of nitrogens with zero attached hydrogens (tertiary/aromatic N) is 2. The molecule has 1 saturated carbocycles. The summed E-state index contributed by atoms with van der Waals surface area (Å²) in [6, 6.07) is 15.3. The van der Waals surface area contributed by atoms with Crippen LogP contribution >= 0.6 is 0 Å². The van der Waals surface area contributed by atoms with Crippen molar-refractivity contribution in [2.24, 2.45) is 5.92 Å². The van der Waals surface area contributed by atoms with Gasteiger partial charge in [0.25, 0.3) is 0 Å². The topological polar surface area (TPSA) is 81.8 Å². The van der Waals surface area contributed by atoms with Crippen molar-refractivity contribution >= 4 is 28.5 Å². The molecule has 1 aliphatic carbocycles. The minimum atomic E-state index is -0.289. The highest BCUT2D eigenvalue weighted by Crippen LogP contribution is 2.33. The number of rotatable bonds is 10. The van der Waals surface area contributed by atoms with Gasteiger partial charge in [-0.05, 0) is 48.9 Å². The Morgan fingerprint density at radius 3 is 2.44 bits per heavy atom. The van der Waals surface area contributed by atoms with Gasteiger partial charge in [-0.25, -0.2) is 0 Å². The lowest BCUT2D eigenvalue weighted by Crippen LogP contribution is -2.53. The Kier molecular flexibility index (Phi) is 8.75. The molecule has 7 heteroatoms. The van der Waals surface area contributed by atoms with Crippen LogP contribution in [0.25, 0.3) is 10.8 Å². The second-order valence-electron chi connectivity index (χ2n) is 9.97. The quantitative estimate of drug-likeness (QED) is 0.500. The van der Waals surface area contributed by atoms with Gasteiger partial charge >= 0.3 is 0 Å². The average Bonchev–Trinajstić information content (AvgIpc) is 2.87. The fourth-order valence-electron chi connectivity index (χ4n) is 5.31. The van der Waals surface area contributed by atoms with Crippen molar-refractivity contribution < 1.29 is 14.4 Å². The average molecular weight is 491 g/mol. The predicted octanol–water partition coefficient (Wildman–Crippen LogP) is 3.41. The minimum Gasteiger partial charge on any atom is -0.351 e. The van der Waals surface area contributed by atoms with E-state index in [1.165, 1.54) is 16.3 Å². The molecule has 36 heavy (non-hydrogen) atoms. The number of carbonyl (C=O) groups excluding carboxylic acids is 3. The molecule has 1 unspecified atom stereocenters. The van der Waals surface area contributed by atoms with Gasteiger partial charge in [0.05, 0.1) is 13.1 Å². The van der Waals surface area contributed by atoms with Crippen molar-refractivity contribution in [3.05, 3.63) is 60.7 Å². The molecule has 2 aromatic rings. The van der Waals surface area contributed by atoms with Crippen LogP contribution in [0.15, 0.2) is 55.1 Å². The molecule has 1 atom stereocenters. The van der Waals surface area contributed by atoms with E-state index in [0.717, 1.165) is 45.2 Å². The van der Waals surface area contributed by atoms with Crippen molar-refractivity contribution in [2.45, 2.75) is 51.1 Å². The molecule has 1 aliphatic heterocycles. The van der Waals surface area contributed by atoms with Crippen molar-refractivity contribution in [3.63, 3.8) is 0 Å². The summed E-state index contributed by atoms with van der Waals surface area (Å²) in [7, 11) is 0. The molecule has 0 aromatic heterocycles. The van der Waals surface area contributed by atoms with Gasteiger partial charge in [0.2, 0.25) is 17.7 Å². The van der Waals surface area contributed by atoms with E-state index in [2.05, 4.69) is 71.5 Å². The standard InChI is InChI=1S/C29H38N4O3/c1-3-16-30-27(34)19-31-28(35)20-33(29(36)23-10-6-11-23)24-14-17-32(18-15-24)21(2)25-13-7-9-22-8-4-5-12-26(22)25/h3-5,7-9,12-13,21,23-24H,1,6,10-11,14-20H2,2H3,(H,30,34)(H,31,35). The number of fused-ring (bicyclic) bond motifs is 1. The molecular weight excluding hydrogens is 452 g/mol. The summed E-state index contributed by atoms with van der Waals surface area (Å²) >= 11 is 0. The van der Waals surface area contributed by atoms with E-state index in [-0.39, 0.29) is 48.8 Å². The molecule has 0 spiro atoms. The zero-order chi connectivity index (χ0) is 25.5. The molecule has 0 bridgehead atoms. The Bertz CT molecular complexity index is 1080. The van der Waals surface area contributed by atoms with E-state index >= 15 is 0 Å². The van der Waals surface area contributed by atoms with Crippen LogP contribution in [0.3, 0.4) is 0 Å². The summed E-state index contributed by atoms with van der Waals surface area (Å²) in [4.78, 5) is 42.0. The van der Waals surface area contributed by atoms with Crippen molar-refractivity contribution in [3.8, 4) is 0 Å². The van der Waals surface area contributed by atoms with Crippen LogP contribution in [0.5, 0.6) is 0 Å². The molecule has 7 nitrogen and oxygen atoms in total. The first-order chi connectivity index (χ1) is 17.5. The van der Waals surface area contributed by atoms with Crippen LogP contribution in [0, 0.1) is 5.92 Å². The first kappa shape index (κ1) is 25.9. The Morgan fingerprint density at radius 2 is 1.75 bits per heavy atom. The fraction of sp³-hybridized carbons (Fsp3) is 0.483. The summed E-state index contributed by atoms with van der Waals surface area (Å²) in [5.41, 5.74) is 1.32. The molecular formula is C29H38N4O3. The highest BCUT2D eigenvalue weighted by atomic mass is 16.2. The number of amides is 3. The van der Waals surface area contributed by atoms with Gasteiger partial charge in [-0.2, -0.15) is 0 Å². The van der Waals surface area contributed by atoms with E-state index in [4.69, 9.17) is 0 Å². The maximum Gasteiger partial charge on any atom is 0.240 e. The third kappa shape index (κ3) is 6.13. The number of benzene rings is 2. The molecule has 2 aromatic carbocycles. The van der Waals surface area contributed by atoms with Crippen LogP contribution in [0.4, 0.5) is 0 Å². The largest absolute Gasteiger partial charge is 0.351 e. The van der Waals surface area contributed by atoms with Crippen molar-refractivity contribution in [1.82, 2.24) is 20.4 Å². The number of hydrogen-bond donors (Lipinski definition) is 2. The van der Waals surface area contributed by atoms with Crippen LogP contribution in [0.1, 0.15) is 50.6 Å². The van der Waals surface area contributed by atoms with E-state index in [1.54, 1.807) is 11.0 Å². The summed E-state index contributed by atoms with van der Waals surface area (Å²) in [5, 5.41) is 7.84. The van der Waals surface area contributed by atoms with Crippen LogP contribution in [-0.4, -0.2) is 66.3 Å². The number of piperidine rings is 1. The maximum atomic E-state index is 13.3. The van der Waals surface area contributed by atoms with Gasteiger partial charge < -0.3 is 15.5 Å². The summed E-state index contributed by atoms with van der Waals surface area (Å²) in [6.07, 6.45) is 6.13. The molecule has 0 radical (unpaired) electrons. The highest BCUT2D eigenvalue weighted by Gasteiger charge is 2.36. The second kappa shape index (κ2) is 12.2. The first-order valence-electron chi connectivity index (χ1n) is 13.1. The van der Waals surface area contributed by atoms with E-state index in [0.29, 0.717) is 6.54 Å². The van der Waals surface area contributed by atoms with Gasteiger partial charge in [-0.3, -0.25) is 19.3 Å². The maximum absolute atomic E-state index is 13.3.